The van der Waals surface area contributed by atoms with Crippen LogP contribution in [-0.4, -0.2) is 15.6 Å². The summed E-state index contributed by atoms with van der Waals surface area (Å²) < 4.78 is 2.75. The van der Waals surface area contributed by atoms with E-state index in [0.29, 0.717) is 0 Å². The Morgan fingerprint density at radius 2 is 1.79 bits per heavy atom. The second-order valence-electron chi connectivity index (χ2n) is 4.84. The van der Waals surface area contributed by atoms with Crippen LogP contribution in [-0.2, 0) is 0 Å². The number of rotatable bonds is 3. The molecule has 0 bridgehead atoms. The van der Waals surface area contributed by atoms with E-state index in [1.54, 1.807) is 4.68 Å². The van der Waals surface area contributed by atoms with Crippen LogP contribution < -0.4 is 0 Å². The minimum absolute atomic E-state index is 0.0816. The number of hydrogen-bond donors (Lipinski definition) is 0. The highest BCUT2D eigenvalue weighted by atomic mass is 79.9. The molecule has 0 spiro atoms. The predicted molar refractivity (Wildman–Crippen MR) is 79.6 cm³/mol. The average molecular weight is 321 g/mol. The number of nitrogens with zero attached hydrogens (tertiary/aromatic N) is 2. The molecule has 1 atom stereocenters. The summed E-state index contributed by atoms with van der Waals surface area (Å²) >= 11 is 3.49. The van der Waals surface area contributed by atoms with Crippen LogP contribution >= 0.6 is 15.9 Å². The lowest BCUT2D eigenvalue weighted by molar-refractivity contribution is 0.0926. The average Bonchev–Trinajstić information content (AvgIpc) is 2.66. The van der Waals surface area contributed by atoms with Gasteiger partial charge >= 0.3 is 0 Å². The van der Waals surface area contributed by atoms with Gasteiger partial charge in [0, 0.05) is 5.56 Å². The van der Waals surface area contributed by atoms with Gasteiger partial charge < -0.3 is 0 Å². The minimum Gasteiger partial charge on any atom is -0.292 e. The van der Waals surface area contributed by atoms with Crippen molar-refractivity contribution in [1.29, 1.82) is 0 Å². The Morgan fingerprint density at radius 1 is 1.21 bits per heavy atom. The number of Topliss-reactive ketones (excluding diaryl/α,β-unsaturated/α-hetero) is 1. The largest absolute Gasteiger partial charge is 0.292 e. The molecule has 2 aromatic rings. The van der Waals surface area contributed by atoms with Crippen LogP contribution in [0.1, 0.15) is 40.3 Å². The van der Waals surface area contributed by atoms with Crippen molar-refractivity contribution in [1.82, 2.24) is 9.78 Å². The molecular weight excluding hydrogens is 304 g/mol. The van der Waals surface area contributed by atoms with Gasteiger partial charge in [-0.1, -0.05) is 29.8 Å². The van der Waals surface area contributed by atoms with Crippen molar-refractivity contribution in [3.8, 4) is 0 Å². The van der Waals surface area contributed by atoms with Crippen LogP contribution in [0.5, 0.6) is 0 Å². The first-order chi connectivity index (χ1) is 8.91. The van der Waals surface area contributed by atoms with Crippen LogP contribution in [0.2, 0.25) is 0 Å². The molecule has 0 N–H and O–H groups in total. The molecule has 0 fully saturated rings. The fraction of sp³-hybridized carbons (Fsp3) is 0.333. The zero-order chi connectivity index (χ0) is 14.2. The lowest BCUT2D eigenvalue weighted by Gasteiger charge is -2.13. The van der Waals surface area contributed by atoms with Gasteiger partial charge in [-0.15, -0.1) is 0 Å². The standard InChI is InChI=1S/C15H17BrN2O/c1-9-5-7-13(8-6-9)15(19)12(4)18-11(3)14(16)10(2)17-18/h5-8,12H,1-4H3. The van der Waals surface area contributed by atoms with Gasteiger partial charge in [-0.2, -0.15) is 5.10 Å². The third-order valence-electron chi connectivity index (χ3n) is 3.32. The molecule has 4 heteroatoms. The van der Waals surface area contributed by atoms with Crippen LogP contribution in [0, 0.1) is 20.8 Å². The monoisotopic (exact) mass is 320 g/mol. The number of ketones is 1. The van der Waals surface area contributed by atoms with Gasteiger partial charge in [0.2, 0.25) is 0 Å². The summed E-state index contributed by atoms with van der Waals surface area (Å²) in [6, 6.07) is 7.35. The Hall–Kier alpha value is -1.42. The summed E-state index contributed by atoms with van der Waals surface area (Å²) in [4.78, 5) is 12.5. The van der Waals surface area contributed by atoms with E-state index in [0.717, 1.165) is 27.0 Å². The highest BCUT2D eigenvalue weighted by molar-refractivity contribution is 9.10. The minimum atomic E-state index is -0.298. The zero-order valence-electron chi connectivity index (χ0n) is 11.6. The van der Waals surface area contributed by atoms with E-state index >= 15 is 0 Å². The smallest absolute Gasteiger partial charge is 0.187 e. The summed E-state index contributed by atoms with van der Waals surface area (Å²) in [5, 5.41) is 4.42. The second-order valence-corrected chi connectivity index (χ2v) is 5.63. The molecule has 3 nitrogen and oxygen atoms in total. The highest BCUT2D eigenvalue weighted by Crippen LogP contribution is 2.24. The number of carbonyl (C=O) groups is 1. The van der Waals surface area contributed by atoms with Crippen LogP contribution in [0.3, 0.4) is 0 Å². The normalized spacial score (nSPS) is 12.5. The van der Waals surface area contributed by atoms with E-state index in [9.17, 15) is 4.79 Å². The number of aryl methyl sites for hydroxylation is 2. The van der Waals surface area contributed by atoms with Crippen molar-refractivity contribution >= 4 is 21.7 Å². The van der Waals surface area contributed by atoms with E-state index < -0.39 is 0 Å². The van der Waals surface area contributed by atoms with Crippen LogP contribution in [0.25, 0.3) is 0 Å². The quantitative estimate of drug-likeness (QED) is 0.801. The maximum Gasteiger partial charge on any atom is 0.187 e. The van der Waals surface area contributed by atoms with Crippen molar-refractivity contribution in [3.05, 3.63) is 51.3 Å². The Kier molecular flexibility index (Phi) is 3.90. The third kappa shape index (κ3) is 2.63. The SMILES string of the molecule is Cc1ccc(C(=O)C(C)n2nc(C)c(Br)c2C)cc1. The Labute approximate surface area is 121 Å². The topological polar surface area (TPSA) is 34.9 Å². The Morgan fingerprint density at radius 3 is 2.26 bits per heavy atom. The van der Waals surface area contributed by atoms with Crippen molar-refractivity contribution in [3.63, 3.8) is 0 Å². The van der Waals surface area contributed by atoms with Crippen LogP contribution in [0.4, 0.5) is 0 Å². The molecule has 100 valence electrons. The van der Waals surface area contributed by atoms with Crippen molar-refractivity contribution in [2.45, 2.75) is 33.7 Å². The molecule has 0 aliphatic heterocycles. The summed E-state index contributed by atoms with van der Waals surface area (Å²) in [6.45, 7) is 7.78. The van der Waals surface area contributed by atoms with Crippen molar-refractivity contribution in [2.24, 2.45) is 0 Å². The van der Waals surface area contributed by atoms with E-state index in [1.165, 1.54) is 0 Å². The van der Waals surface area contributed by atoms with Gasteiger partial charge in [0.1, 0.15) is 6.04 Å². The van der Waals surface area contributed by atoms with Crippen molar-refractivity contribution in [2.75, 3.05) is 0 Å². The fourth-order valence-corrected chi connectivity index (χ4v) is 2.35. The van der Waals surface area contributed by atoms with Gasteiger partial charge in [-0.3, -0.25) is 9.48 Å². The molecule has 0 amide bonds. The van der Waals surface area contributed by atoms with E-state index in [1.807, 2.05) is 52.0 Å². The molecule has 0 saturated heterocycles. The maximum absolute atomic E-state index is 12.5. The molecule has 1 unspecified atom stereocenters. The Bertz CT molecular complexity index is 614. The molecule has 19 heavy (non-hydrogen) atoms. The number of hydrogen-bond acceptors (Lipinski definition) is 2. The summed E-state index contributed by atoms with van der Waals surface area (Å²) in [5.74, 6) is 0.0816. The molecule has 0 aliphatic rings. The van der Waals surface area contributed by atoms with Crippen molar-refractivity contribution < 1.29 is 4.79 Å². The molecule has 1 heterocycles. The van der Waals surface area contributed by atoms with E-state index in [-0.39, 0.29) is 11.8 Å². The molecule has 1 aromatic carbocycles. The molecule has 1 aromatic heterocycles. The number of benzene rings is 1. The number of halogens is 1. The second kappa shape index (κ2) is 5.29. The maximum atomic E-state index is 12.5. The lowest BCUT2D eigenvalue weighted by Crippen LogP contribution is -2.19. The third-order valence-corrected chi connectivity index (χ3v) is 4.47. The van der Waals surface area contributed by atoms with Gasteiger partial charge in [0.25, 0.3) is 0 Å². The van der Waals surface area contributed by atoms with Gasteiger partial charge in [0.05, 0.1) is 15.9 Å². The van der Waals surface area contributed by atoms with Gasteiger partial charge in [0.15, 0.2) is 5.78 Å². The lowest BCUT2D eigenvalue weighted by atomic mass is 10.0. The van der Waals surface area contributed by atoms with E-state index in [2.05, 4.69) is 21.0 Å². The van der Waals surface area contributed by atoms with Gasteiger partial charge in [-0.25, -0.2) is 0 Å². The number of carbonyl (C=O) groups excluding carboxylic acids is 1. The first-order valence-corrected chi connectivity index (χ1v) is 7.03. The highest BCUT2D eigenvalue weighted by Gasteiger charge is 2.21. The zero-order valence-corrected chi connectivity index (χ0v) is 13.2. The Balaban J connectivity index is 2.33. The first-order valence-electron chi connectivity index (χ1n) is 6.24. The molecule has 0 aliphatic carbocycles. The van der Waals surface area contributed by atoms with E-state index in [4.69, 9.17) is 0 Å². The summed E-state index contributed by atoms with van der Waals surface area (Å²) in [6.07, 6.45) is 0. The fourth-order valence-electron chi connectivity index (χ4n) is 2.09. The molecule has 0 radical (unpaired) electrons. The van der Waals surface area contributed by atoms with Gasteiger partial charge in [-0.05, 0) is 43.6 Å². The number of aromatic nitrogens is 2. The first kappa shape index (κ1) is 14.0. The summed E-state index contributed by atoms with van der Waals surface area (Å²) in [7, 11) is 0. The predicted octanol–water partition coefficient (Wildman–Crippen LogP) is 4.01. The summed E-state index contributed by atoms with van der Waals surface area (Å²) in [5.41, 5.74) is 3.76. The molecule has 2 rings (SSSR count). The van der Waals surface area contributed by atoms with Crippen LogP contribution in [0.15, 0.2) is 28.7 Å². The molecule has 0 saturated carbocycles. The molecular formula is C15H17BrN2O.